The fourth-order valence-corrected chi connectivity index (χ4v) is 3.21. The summed E-state index contributed by atoms with van der Waals surface area (Å²) >= 11 is 0. The van der Waals surface area contributed by atoms with E-state index in [9.17, 15) is 0 Å². The third kappa shape index (κ3) is 5.41. The van der Waals surface area contributed by atoms with Crippen LogP contribution in [0.4, 0.5) is 0 Å². The van der Waals surface area contributed by atoms with Gasteiger partial charge >= 0.3 is 0 Å². The van der Waals surface area contributed by atoms with Crippen LogP contribution >= 0.6 is 0 Å². The summed E-state index contributed by atoms with van der Waals surface area (Å²) in [4.78, 5) is 0. The van der Waals surface area contributed by atoms with Crippen molar-refractivity contribution in [3.05, 3.63) is 29.8 Å². The molecule has 0 saturated heterocycles. The Morgan fingerprint density at radius 1 is 1.09 bits per heavy atom. The van der Waals surface area contributed by atoms with Gasteiger partial charge in [-0.15, -0.1) is 0 Å². The lowest BCUT2D eigenvalue weighted by molar-refractivity contribution is 0.177. The second kappa shape index (κ2) is 7.62. The van der Waals surface area contributed by atoms with Gasteiger partial charge in [0.2, 0.25) is 0 Å². The van der Waals surface area contributed by atoms with Gasteiger partial charge in [0.25, 0.3) is 0 Å². The van der Waals surface area contributed by atoms with E-state index in [1.165, 1.54) is 5.56 Å². The van der Waals surface area contributed by atoms with Gasteiger partial charge in [0.15, 0.2) is 8.32 Å². The Morgan fingerprint density at radius 2 is 1.64 bits per heavy atom. The highest BCUT2D eigenvalue weighted by Gasteiger charge is 2.39. The van der Waals surface area contributed by atoms with Crippen LogP contribution in [0.2, 0.25) is 18.1 Å². The van der Waals surface area contributed by atoms with E-state index in [1.807, 2.05) is 12.1 Å². The first kappa shape index (κ1) is 19.2. The van der Waals surface area contributed by atoms with Crippen molar-refractivity contribution in [3.63, 3.8) is 0 Å². The van der Waals surface area contributed by atoms with E-state index < -0.39 is 8.32 Å². The van der Waals surface area contributed by atoms with Crippen molar-refractivity contribution < 1.29 is 9.16 Å². The van der Waals surface area contributed by atoms with Gasteiger partial charge < -0.3 is 14.5 Å². The molecule has 1 N–H and O–H groups in total. The Labute approximate surface area is 137 Å². The molecule has 1 aromatic carbocycles. The Bertz CT molecular complexity index is 449. The van der Waals surface area contributed by atoms with Crippen LogP contribution in [-0.4, -0.2) is 28.0 Å². The van der Waals surface area contributed by atoms with Gasteiger partial charge in [0.1, 0.15) is 5.75 Å². The first-order valence-corrected chi connectivity index (χ1v) is 11.0. The highest BCUT2D eigenvalue weighted by atomic mass is 28.4. The molecule has 1 aromatic rings. The van der Waals surface area contributed by atoms with Gasteiger partial charge in [-0.25, -0.2) is 0 Å². The lowest BCUT2D eigenvalue weighted by atomic mass is 10.1. The van der Waals surface area contributed by atoms with E-state index in [0.29, 0.717) is 6.04 Å². The smallest absolute Gasteiger partial charge is 0.192 e. The van der Waals surface area contributed by atoms with E-state index in [4.69, 9.17) is 9.16 Å². The molecule has 0 saturated carbocycles. The molecule has 0 bridgehead atoms. The normalized spacial score (nSPS) is 14.2. The number of hydrogen-bond acceptors (Lipinski definition) is 3. The average Bonchev–Trinajstić information content (AvgIpc) is 2.42. The SMILES string of the molecule is COc1ccc([C@H](CNC(C)C)O[Si](C)(C)C(C)(C)C)cc1. The summed E-state index contributed by atoms with van der Waals surface area (Å²) in [5, 5.41) is 3.72. The van der Waals surface area contributed by atoms with E-state index >= 15 is 0 Å². The molecular formula is C18H33NO2Si. The minimum atomic E-state index is -1.82. The summed E-state index contributed by atoms with van der Waals surface area (Å²) in [6, 6.07) is 8.68. The van der Waals surface area contributed by atoms with Crippen molar-refractivity contribution in [1.29, 1.82) is 0 Å². The first-order chi connectivity index (χ1) is 10.1. The van der Waals surface area contributed by atoms with Crippen LogP contribution < -0.4 is 10.1 Å². The Kier molecular flexibility index (Phi) is 6.65. The van der Waals surface area contributed by atoms with Crippen molar-refractivity contribution >= 4 is 8.32 Å². The third-order valence-electron chi connectivity index (χ3n) is 4.44. The maximum absolute atomic E-state index is 6.65. The standard InChI is InChI=1S/C18H33NO2Si/c1-14(2)19-13-17(21-22(7,8)18(3,4)5)15-9-11-16(20-6)12-10-15/h9-12,14,17,19H,13H2,1-8H3/t17-/m0/s1. The molecule has 4 heteroatoms. The average molecular weight is 324 g/mol. The molecule has 0 aliphatic rings. The minimum Gasteiger partial charge on any atom is -0.497 e. The predicted molar refractivity (Wildman–Crippen MR) is 97.2 cm³/mol. The molecule has 0 amide bonds. The summed E-state index contributed by atoms with van der Waals surface area (Å²) in [6.45, 7) is 16.6. The summed E-state index contributed by atoms with van der Waals surface area (Å²) < 4.78 is 11.9. The van der Waals surface area contributed by atoms with Gasteiger partial charge in [-0.3, -0.25) is 0 Å². The van der Waals surface area contributed by atoms with Crippen molar-refractivity contribution in [3.8, 4) is 5.75 Å². The number of hydrogen-bond donors (Lipinski definition) is 1. The molecule has 22 heavy (non-hydrogen) atoms. The molecule has 1 atom stereocenters. The van der Waals surface area contributed by atoms with Crippen LogP contribution in [0.15, 0.2) is 24.3 Å². The molecule has 0 heterocycles. The summed E-state index contributed by atoms with van der Waals surface area (Å²) in [5.74, 6) is 0.881. The maximum atomic E-state index is 6.65. The largest absolute Gasteiger partial charge is 0.497 e. The third-order valence-corrected chi connectivity index (χ3v) is 8.93. The van der Waals surface area contributed by atoms with Gasteiger partial charge in [0, 0.05) is 12.6 Å². The second-order valence-electron chi connectivity index (χ2n) is 7.70. The highest BCUT2D eigenvalue weighted by Crippen LogP contribution is 2.39. The van der Waals surface area contributed by atoms with E-state index in [1.54, 1.807) is 7.11 Å². The molecule has 3 nitrogen and oxygen atoms in total. The molecule has 0 aliphatic carbocycles. The summed E-state index contributed by atoms with van der Waals surface area (Å²) in [5.41, 5.74) is 1.21. The van der Waals surface area contributed by atoms with Crippen molar-refractivity contribution in [2.75, 3.05) is 13.7 Å². The zero-order valence-electron chi connectivity index (χ0n) is 15.5. The fourth-order valence-electron chi connectivity index (χ4n) is 1.92. The number of nitrogens with one attached hydrogen (secondary N) is 1. The lowest BCUT2D eigenvalue weighted by Gasteiger charge is -2.39. The highest BCUT2D eigenvalue weighted by molar-refractivity contribution is 6.74. The molecule has 0 fully saturated rings. The van der Waals surface area contributed by atoms with Gasteiger partial charge in [-0.1, -0.05) is 46.8 Å². The number of ether oxygens (including phenoxy) is 1. The van der Waals surface area contributed by atoms with Crippen molar-refractivity contribution in [2.24, 2.45) is 0 Å². The molecule has 1 rings (SSSR count). The molecule has 126 valence electrons. The Balaban J connectivity index is 2.96. The zero-order chi connectivity index (χ0) is 17.0. The summed E-state index contributed by atoms with van der Waals surface area (Å²) in [6.07, 6.45) is 0.0780. The van der Waals surface area contributed by atoms with Crippen LogP contribution in [0, 0.1) is 0 Å². The molecule has 0 aromatic heterocycles. The predicted octanol–water partition coefficient (Wildman–Crippen LogP) is 4.76. The fraction of sp³-hybridized carbons (Fsp3) is 0.667. The molecule has 0 aliphatic heterocycles. The van der Waals surface area contributed by atoms with Gasteiger partial charge in [-0.05, 0) is 35.8 Å². The monoisotopic (exact) mass is 323 g/mol. The van der Waals surface area contributed by atoms with E-state index in [2.05, 4.69) is 65.2 Å². The van der Waals surface area contributed by atoms with Crippen LogP contribution in [0.5, 0.6) is 5.75 Å². The Hall–Kier alpha value is -0.843. The lowest BCUT2D eigenvalue weighted by Crippen LogP contribution is -2.44. The number of benzene rings is 1. The summed E-state index contributed by atoms with van der Waals surface area (Å²) in [7, 11) is -0.123. The van der Waals surface area contributed by atoms with Crippen LogP contribution in [0.1, 0.15) is 46.3 Å². The number of methoxy groups -OCH3 is 1. The van der Waals surface area contributed by atoms with Crippen LogP contribution in [0.25, 0.3) is 0 Å². The maximum Gasteiger partial charge on any atom is 0.192 e. The van der Waals surface area contributed by atoms with Crippen molar-refractivity contribution in [1.82, 2.24) is 5.32 Å². The Morgan fingerprint density at radius 3 is 2.05 bits per heavy atom. The van der Waals surface area contributed by atoms with Gasteiger partial charge in [-0.2, -0.15) is 0 Å². The number of rotatable bonds is 7. The minimum absolute atomic E-state index is 0.0780. The molecule has 0 spiro atoms. The topological polar surface area (TPSA) is 30.5 Å². The van der Waals surface area contributed by atoms with Crippen LogP contribution in [-0.2, 0) is 4.43 Å². The molecular weight excluding hydrogens is 290 g/mol. The van der Waals surface area contributed by atoms with Crippen molar-refractivity contribution in [2.45, 2.75) is 64.9 Å². The van der Waals surface area contributed by atoms with E-state index in [-0.39, 0.29) is 11.1 Å². The van der Waals surface area contributed by atoms with Crippen LogP contribution in [0.3, 0.4) is 0 Å². The second-order valence-corrected chi connectivity index (χ2v) is 12.5. The van der Waals surface area contributed by atoms with Gasteiger partial charge in [0.05, 0.1) is 13.2 Å². The molecule has 0 unspecified atom stereocenters. The molecule has 0 radical (unpaired) electrons. The van der Waals surface area contributed by atoms with E-state index in [0.717, 1.165) is 12.3 Å². The zero-order valence-corrected chi connectivity index (χ0v) is 16.5. The quantitative estimate of drug-likeness (QED) is 0.734. The first-order valence-electron chi connectivity index (χ1n) is 8.12.